The molecule has 0 atom stereocenters. The lowest BCUT2D eigenvalue weighted by Gasteiger charge is -1.97. The number of aromatic hydroxyl groups is 2. The van der Waals surface area contributed by atoms with Crippen molar-refractivity contribution in [2.24, 2.45) is 0 Å². The molecular formula is C15H7ClO5. The number of phenolic OH excluding ortho intramolecular Hbond substituents is 2. The van der Waals surface area contributed by atoms with Gasteiger partial charge in [-0.2, -0.15) is 0 Å². The van der Waals surface area contributed by atoms with Crippen LogP contribution < -0.4 is 5.43 Å². The summed E-state index contributed by atoms with van der Waals surface area (Å²) in [5.74, 6) is -0.632. The Balaban J connectivity index is 2.29. The smallest absolute Gasteiger partial charge is 0.302 e. The molecule has 21 heavy (non-hydrogen) atoms. The Kier molecular flexibility index (Phi) is 2.26. The van der Waals surface area contributed by atoms with Gasteiger partial charge in [-0.15, -0.1) is 0 Å². The minimum atomic E-state index is -0.337. The summed E-state index contributed by atoms with van der Waals surface area (Å²) in [7, 11) is 0. The van der Waals surface area contributed by atoms with E-state index >= 15 is 0 Å². The molecule has 4 rings (SSSR count). The highest BCUT2D eigenvalue weighted by molar-refractivity contribution is 6.31. The van der Waals surface area contributed by atoms with E-state index in [-0.39, 0.29) is 33.7 Å². The van der Waals surface area contributed by atoms with Crippen molar-refractivity contribution in [2.75, 3.05) is 0 Å². The van der Waals surface area contributed by atoms with E-state index in [0.717, 1.165) is 0 Å². The van der Waals surface area contributed by atoms with Gasteiger partial charge in [0.25, 0.3) is 0 Å². The largest absolute Gasteiger partial charge is 0.504 e. The molecule has 0 aliphatic rings. The Morgan fingerprint density at radius 2 is 1.62 bits per heavy atom. The zero-order valence-corrected chi connectivity index (χ0v) is 11.1. The predicted octanol–water partition coefficient (Wildman–Crippen LogP) is 3.76. The quantitative estimate of drug-likeness (QED) is 0.483. The van der Waals surface area contributed by atoms with Crippen LogP contribution in [0.4, 0.5) is 0 Å². The van der Waals surface area contributed by atoms with Crippen LogP contribution in [-0.2, 0) is 0 Å². The fourth-order valence-corrected chi connectivity index (χ4v) is 2.56. The maximum atomic E-state index is 12.6. The first kappa shape index (κ1) is 12.1. The first-order valence-corrected chi connectivity index (χ1v) is 6.43. The number of rotatable bonds is 0. The summed E-state index contributed by atoms with van der Waals surface area (Å²) in [5.41, 5.74) is 0.296. The number of benzene rings is 2. The van der Waals surface area contributed by atoms with Gasteiger partial charge in [0.1, 0.15) is 16.6 Å². The number of phenols is 2. The van der Waals surface area contributed by atoms with Crippen LogP contribution in [0.15, 0.2) is 44.0 Å². The molecule has 0 spiro atoms. The van der Waals surface area contributed by atoms with Gasteiger partial charge in [0.05, 0.1) is 5.39 Å². The van der Waals surface area contributed by atoms with Gasteiger partial charge >= 0.3 is 5.78 Å². The molecule has 0 amide bonds. The molecule has 0 bridgehead atoms. The van der Waals surface area contributed by atoms with Crippen molar-refractivity contribution < 1.29 is 19.0 Å². The molecular weight excluding hydrogens is 296 g/mol. The molecule has 0 unspecified atom stereocenters. The number of furan rings is 1. The molecule has 0 aliphatic heterocycles. The van der Waals surface area contributed by atoms with Crippen molar-refractivity contribution in [3.05, 3.63) is 45.6 Å². The highest BCUT2D eigenvalue weighted by Crippen LogP contribution is 2.36. The van der Waals surface area contributed by atoms with E-state index in [1.807, 2.05) is 0 Å². The van der Waals surface area contributed by atoms with Gasteiger partial charge in [-0.3, -0.25) is 4.79 Å². The lowest BCUT2D eigenvalue weighted by Crippen LogP contribution is -2.00. The molecule has 2 aromatic carbocycles. The molecule has 0 saturated heterocycles. The van der Waals surface area contributed by atoms with Gasteiger partial charge in [-0.05, 0) is 24.3 Å². The molecule has 6 heteroatoms. The Labute approximate surface area is 121 Å². The fourth-order valence-electron chi connectivity index (χ4n) is 2.39. The van der Waals surface area contributed by atoms with E-state index < -0.39 is 0 Å². The van der Waals surface area contributed by atoms with E-state index in [9.17, 15) is 15.0 Å². The van der Waals surface area contributed by atoms with Crippen LogP contribution in [0.1, 0.15) is 0 Å². The Bertz CT molecular complexity index is 1090. The van der Waals surface area contributed by atoms with E-state index in [1.54, 1.807) is 12.1 Å². The Morgan fingerprint density at radius 1 is 0.905 bits per heavy atom. The standard InChI is InChI=1S/C15H7ClO5/c16-6-1-2-11-8(3-6)14(19)13-7-4-9(17)10(18)5-12(7)21-15(13)20-11/h1-5,17-18H. The van der Waals surface area contributed by atoms with Crippen LogP contribution in [-0.4, -0.2) is 10.2 Å². The maximum Gasteiger partial charge on any atom is 0.302 e. The monoisotopic (exact) mass is 302 g/mol. The summed E-state index contributed by atoms with van der Waals surface area (Å²) in [4.78, 5) is 12.6. The van der Waals surface area contributed by atoms with E-state index in [1.165, 1.54) is 18.2 Å². The first-order chi connectivity index (χ1) is 10.0. The highest BCUT2D eigenvalue weighted by atomic mass is 35.5. The predicted molar refractivity (Wildman–Crippen MR) is 78.1 cm³/mol. The van der Waals surface area contributed by atoms with Crippen molar-refractivity contribution in [1.82, 2.24) is 0 Å². The Hall–Kier alpha value is -2.66. The molecule has 4 aromatic rings. The van der Waals surface area contributed by atoms with Gasteiger partial charge < -0.3 is 19.0 Å². The summed E-state index contributed by atoms with van der Waals surface area (Å²) in [5, 5.41) is 20.4. The van der Waals surface area contributed by atoms with Crippen LogP contribution in [0, 0.1) is 0 Å². The van der Waals surface area contributed by atoms with Crippen LogP contribution >= 0.6 is 11.6 Å². The molecule has 0 fully saturated rings. The van der Waals surface area contributed by atoms with Crippen LogP contribution in [0.25, 0.3) is 33.1 Å². The number of fused-ring (bicyclic) bond motifs is 4. The molecule has 104 valence electrons. The lowest BCUT2D eigenvalue weighted by atomic mass is 10.1. The molecule has 2 N–H and O–H groups in total. The average molecular weight is 303 g/mol. The summed E-state index contributed by atoms with van der Waals surface area (Å²) >= 11 is 5.90. The first-order valence-electron chi connectivity index (χ1n) is 6.05. The molecule has 0 radical (unpaired) electrons. The normalized spacial score (nSPS) is 11.7. The van der Waals surface area contributed by atoms with Crippen molar-refractivity contribution in [2.45, 2.75) is 0 Å². The van der Waals surface area contributed by atoms with E-state index in [4.69, 9.17) is 20.4 Å². The van der Waals surface area contributed by atoms with Gasteiger partial charge in [-0.1, -0.05) is 11.6 Å². The summed E-state index contributed by atoms with van der Waals surface area (Å²) in [6.07, 6.45) is 0. The second-order valence-electron chi connectivity index (χ2n) is 4.67. The molecule has 0 saturated carbocycles. The third kappa shape index (κ3) is 1.61. The third-order valence-electron chi connectivity index (χ3n) is 3.37. The van der Waals surface area contributed by atoms with Gasteiger partial charge in [0.2, 0.25) is 5.43 Å². The van der Waals surface area contributed by atoms with Crippen molar-refractivity contribution in [3.8, 4) is 11.5 Å². The van der Waals surface area contributed by atoms with E-state index in [2.05, 4.69) is 0 Å². The topological polar surface area (TPSA) is 83.8 Å². The zero-order chi connectivity index (χ0) is 14.7. The van der Waals surface area contributed by atoms with Gasteiger partial charge in [-0.25, -0.2) is 0 Å². The second-order valence-corrected chi connectivity index (χ2v) is 5.11. The summed E-state index contributed by atoms with van der Waals surface area (Å²) in [6.45, 7) is 0. The SMILES string of the molecule is O=c1c2cc(Cl)ccc2oc2oc3cc(O)c(O)cc3c12. The zero-order valence-electron chi connectivity index (χ0n) is 10.4. The van der Waals surface area contributed by atoms with Crippen molar-refractivity contribution >= 4 is 44.7 Å². The minimum Gasteiger partial charge on any atom is -0.504 e. The van der Waals surface area contributed by atoms with Crippen molar-refractivity contribution in [3.63, 3.8) is 0 Å². The van der Waals surface area contributed by atoms with Crippen LogP contribution in [0.2, 0.25) is 5.02 Å². The fraction of sp³-hybridized carbons (Fsp3) is 0. The highest BCUT2D eigenvalue weighted by Gasteiger charge is 2.17. The van der Waals surface area contributed by atoms with Crippen molar-refractivity contribution in [1.29, 1.82) is 0 Å². The van der Waals surface area contributed by atoms with Crippen LogP contribution in [0.3, 0.4) is 0 Å². The lowest BCUT2D eigenvalue weighted by molar-refractivity contribution is 0.404. The third-order valence-corrected chi connectivity index (χ3v) is 3.60. The Morgan fingerprint density at radius 3 is 2.43 bits per heavy atom. The second kappa shape index (κ2) is 3.93. The molecule has 2 aromatic heterocycles. The number of halogens is 1. The molecule has 2 heterocycles. The number of hydrogen-bond donors (Lipinski definition) is 2. The summed E-state index contributed by atoms with van der Waals surface area (Å²) < 4.78 is 11.0. The van der Waals surface area contributed by atoms with E-state index in [0.29, 0.717) is 21.4 Å². The van der Waals surface area contributed by atoms with Crippen LogP contribution in [0.5, 0.6) is 11.5 Å². The summed E-state index contributed by atoms with van der Waals surface area (Å²) in [6, 6.07) is 7.21. The number of hydrogen-bond acceptors (Lipinski definition) is 5. The van der Waals surface area contributed by atoms with Gasteiger partial charge in [0, 0.05) is 16.5 Å². The maximum absolute atomic E-state index is 12.6. The minimum absolute atomic E-state index is 0.0369. The molecule has 5 nitrogen and oxygen atoms in total. The average Bonchev–Trinajstić information content (AvgIpc) is 2.78. The molecule has 0 aliphatic carbocycles. The van der Waals surface area contributed by atoms with Gasteiger partial charge in [0.15, 0.2) is 11.5 Å².